The van der Waals surface area contributed by atoms with E-state index in [1.54, 1.807) is 6.07 Å². The molecule has 0 spiro atoms. The topological polar surface area (TPSA) is 0 Å². The third kappa shape index (κ3) is 1.66. The highest BCUT2D eigenvalue weighted by Crippen LogP contribution is 2.27. The zero-order valence-electron chi connectivity index (χ0n) is 5.21. The third-order valence-electron chi connectivity index (χ3n) is 1.21. The van der Waals surface area contributed by atoms with Gasteiger partial charge in [0.05, 0.1) is 0 Å². The molecule has 0 aliphatic carbocycles. The van der Waals surface area contributed by atoms with Crippen molar-refractivity contribution >= 4 is 50.1 Å². The molecule has 0 nitrogen and oxygen atoms in total. The van der Waals surface area contributed by atoms with Gasteiger partial charge in [-0.25, -0.2) is 0 Å². The van der Waals surface area contributed by atoms with Crippen LogP contribution in [0.25, 0.3) is 0 Å². The summed E-state index contributed by atoms with van der Waals surface area (Å²) in [6, 6.07) is 4.80. The molecule has 53 valence electrons. The second kappa shape index (κ2) is 3.41. The summed E-state index contributed by atoms with van der Waals surface area (Å²) in [7, 11) is 0. The molecule has 0 aromatic heterocycles. The highest BCUT2D eigenvalue weighted by atomic mass is 127. The molecule has 1 aromatic rings. The fourth-order valence-corrected chi connectivity index (χ4v) is 1.72. The largest absolute Gasteiger partial charge is 0.0840 e. The van der Waals surface area contributed by atoms with Crippen LogP contribution in [0.4, 0.5) is 0 Å². The van der Waals surface area contributed by atoms with Crippen LogP contribution in [-0.4, -0.2) is 0 Å². The van der Waals surface area contributed by atoms with E-state index < -0.39 is 0 Å². The Labute approximate surface area is 87.2 Å². The van der Waals surface area contributed by atoms with E-state index in [1.807, 2.05) is 6.92 Å². The number of hydrogen-bond acceptors (Lipinski definition) is 0. The molecule has 0 amide bonds. The molecule has 0 bridgehead atoms. The summed E-state index contributed by atoms with van der Waals surface area (Å²) in [6.07, 6.45) is 0. The van der Waals surface area contributed by atoms with Crippen LogP contribution in [0.15, 0.2) is 10.5 Å². The van der Waals surface area contributed by atoms with Crippen LogP contribution in [0, 0.1) is 16.6 Å². The van der Waals surface area contributed by atoms with Gasteiger partial charge in [-0.2, -0.15) is 0 Å². The van der Waals surface area contributed by atoms with Gasteiger partial charge in [-0.15, -0.1) is 0 Å². The van der Waals surface area contributed by atoms with Crippen molar-refractivity contribution < 1.29 is 0 Å². The van der Waals surface area contributed by atoms with Crippen LogP contribution in [0.2, 0.25) is 5.02 Å². The highest BCUT2D eigenvalue weighted by molar-refractivity contribution is 14.1. The van der Waals surface area contributed by atoms with Crippen LogP contribution < -0.4 is 0 Å². The molecule has 0 aliphatic heterocycles. The van der Waals surface area contributed by atoms with Gasteiger partial charge >= 0.3 is 0 Å². The lowest BCUT2D eigenvalue weighted by atomic mass is 10.2. The molecule has 1 aromatic carbocycles. The van der Waals surface area contributed by atoms with E-state index in [0.717, 1.165) is 18.6 Å². The van der Waals surface area contributed by atoms with E-state index in [-0.39, 0.29) is 0 Å². The third-order valence-corrected chi connectivity index (χ3v) is 4.18. The minimum atomic E-state index is 0.757. The summed E-state index contributed by atoms with van der Waals surface area (Å²) in [5.41, 5.74) is 1.07. The number of hydrogen-bond donors (Lipinski definition) is 0. The number of benzene rings is 1. The fourth-order valence-electron chi connectivity index (χ4n) is 0.568. The molecule has 0 N–H and O–H groups in total. The second-order valence-electron chi connectivity index (χ2n) is 1.89. The Morgan fingerprint density at radius 1 is 1.70 bits per heavy atom. The predicted octanol–water partition coefficient (Wildman–Crippen LogP) is 3.82. The Morgan fingerprint density at radius 2 is 2.30 bits per heavy atom. The minimum Gasteiger partial charge on any atom is -0.0840 e. The Morgan fingerprint density at radius 3 is 2.80 bits per heavy atom. The Hall–Kier alpha value is 0.720. The maximum atomic E-state index is 5.82. The quantitative estimate of drug-likeness (QED) is 0.501. The molecule has 1 rings (SSSR count). The highest BCUT2D eigenvalue weighted by Gasteiger charge is 2.02. The Balaban J connectivity index is 3.34. The van der Waals surface area contributed by atoms with Crippen molar-refractivity contribution in [1.82, 2.24) is 0 Å². The summed E-state index contributed by atoms with van der Waals surface area (Å²) < 4.78 is 2.11. The monoisotopic (exact) mass is 329 g/mol. The van der Waals surface area contributed by atoms with Gasteiger partial charge in [-0.3, -0.25) is 0 Å². The van der Waals surface area contributed by atoms with E-state index in [4.69, 9.17) is 11.6 Å². The normalized spacial score (nSPS) is 10.0. The first-order chi connectivity index (χ1) is 4.63. The summed E-state index contributed by atoms with van der Waals surface area (Å²) in [5.74, 6) is 0. The first-order valence-corrected chi connectivity index (χ1v) is 4.89. The fraction of sp³-hybridized carbons (Fsp3) is 0.143. The first-order valence-electron chi connectivity index (χ1n) is 2.64. The van der Waals surface area contributed by atoms with Gasteiger partial charge in [0.15, 0.2) is 0 Å². The van der Waals surface area contributed by atoms with Gasteiger partial charge in [-0.05, 0) is 63.1 Å². The van der Waals surface area contributed by atoms with Crippen molar-refractivity contribution in [3.63, 3.8) is 0 Å². The van der Waals surface area contributed by atoms with E-state index in [0.29, 0.717) is 0 Å². The van der Waals surface area contributed by atoms with E-state index in [2.05, 4.69) is 44.6 Å². The van der Waals surface area contributed by atoms with Gasteiger partial charge < -0.3 is 0 Å². The maximum Gasteiger partial charge on any atom is 0.0453 e. The van der Waals surface area contributed by atoms with Crippen molar-refractivity contribution in [3.8, 4) is 0 Å². The second-order valence-corrected chi connectivity index (χ2v) is 4.17. The van der Waals surface area contributed by atoms with Crippen molar-refractivity contribution in [1.29, 1.82) is 0 Å². The summed E-state index contributed by atoms with van der Waals surface area (Å²) in [4.78, 5) is 0. The first kappa shape index (κ1) is 8.81. The van der Waals surface area contributed by atoms with E-state index >= 15 is 0 Å². The van der Waals surface area contributed by atoms with Crippen LogP contribution >= 0.6 is 50.1 Å². The summed E-state index contributed by atoms with van der Waals surface area (Å²) in [6.45, 7) is 1.97. The zero-order valence-corrected chi connectivity index (χ0v) is 9.71. The van der Waals surface area contributed by atoms with E-state index in [9.17, 15) is 0 Å². The smallest absolute Gasteiger partial charge is 0.0453 e. The standard InChI is InChI=1S/C7H4BrClI/c1-4-5(9)2-3-6(10)7(4)8/h2H,1H3. The van der Waals surface area contributed by atoms with Crippen molar-refractivity contribution in [2.45, 2.75) is 6.92 Å². The Bertz CT molecular complexity index is 233. The van der Waals surface area contributed by atoms with Crippen LogP contribution in [-0.2, 0) is 0 Å². The van der Waals surface area contributed by atoms with Gasteiger partial charge in [0.25, 0.3) is 0 Å². The summed E-state index contributed by atoms with van der Waals surface area (Å²) >= 11 is 11.4. The van der Waals surface area contributed by atoms with Gasteiger partial charge in [0, 0.05) is 13.1 Å². The van der Waals surface area contributed by atoms with Crippen LogP contribution in [0.1, 0.15) is 5.56 Å². The van der Waals surface area contributed by atoms with E-state index in [1.165, 1.54) is 0 Å². The molecular weight excluding hydrogens is 326 g/mol. The molecule has 0 aliphatic rings. The maximum absolute atomic E-state index is 5.82. The molecule has 10 heavy (non-hydrogen) atoms. The van der Waals surface area contributed by atoms with Gasteiger partial charge in [0.2, 0.25) is 0 Å². The van der Waals surface area contributed by atoms with Gasteiger partial charge in [-0.1, -0.05) is 11.6 Å². The summed E-state index contributed by atoms with van der Waals surface area (Å²) in [5, 5.41) is 0.757. The van der Waals surface area contributed by atoms with Crippen molar-refractivity contribution in [2.24, 2.45) is 0 Å². The van der Waals surface area contributed by atoms with Crippen LogP contribution in [0.3, 0.4) is 0 Å². The molecule has 0 fully saturated rings. The van der Waals surface area contributed by atoms with Crippen LogP contribution in [0.5, 0.6) is 0 Å². The average molecular weight is 330 g/mol. The molecule has 0 atom stereocenters. The predicted molar refractivity (Wildman–Crippen MR) is 55.4 cm³/mol. The lowest BCUT2D eigenvalue weighted by molar-refractivity contribution is 1.40. The molecule has 0 saturated carbocycles. The molecule has 3 heteroatoms. The van der Waals surface area contributed by atoms with Crippen molar-refractivity contribution in [2.75, 3.05) is 0 Å². The molecular formula is C7H4BrClI. The van der Waals surface area contributed by atoms with Gasteiger partial charge in [0.1, 0.15) is 0 Å². The SMILES string of the molecule is Cc1c(Cl)c[c]c(I)c1Br. The van der Waals surface area contributed by atoms with Crippen molar-refractivity contribution in [3.05, 3.63) is 30.8 Å². The number of halogens is 3. The molecule has 1 radical (unpaired) electrons. The number of rotatable bonds is 0. The molecule has 0 heterocycles. The zero-order chi connectivity index (χ0) is 7.72. The average Bonchev–Trinajstić information content (AvgIpc) is 1.93. The molecule has 0 saturated heterocycles. The lowest BCUT2D eigenvalue weighted by Crippen LogP contribution is -1.81. The lowest BCUT2D eigenvalue weighted by Gasteiger charge is -2.01. The Kier molecular flexibility index (Phi) is 3.01. The minimum absolute atomic E-state index is 0.757. The molecule has 0 unspecified atom stereocenters.